The van der Waals surface area contributed by atoms with Crippen LogP contribution < -0.4 is 11.1 Å². The number of anilines is 1. The Morgan fingerprint density at radius 2 is 1.92 bits per heavy atom. The minimum absolute atomic E-state index is 0.0799. The van der Waals surface area contributed by atoms with E-state index in [0.717, 1.165) is 31.9 Å². The molecule has 3 N–H and O–H groups in total. The monoisotopic (exact) mass is 364 g/mol. The van der Waals surface area contributed by atoms with Crippen LogP contribution in [-0.2, 0) is 14.6 Å². The molecular weight excluding hydrogens is 340 g/mol. The number of hydrogen-bond acceptors (Lipinski definition) is 5. The summed E-state index contributed by atoms with van der Waals surface area (Å²) in [5, 5.41) is 6.94. The van der Waals surface area contributed by atoms with Gasteiger partial charge >= 0.3 is 0 Å². The first kappa shape index (κ1) is 19.1. The standard InChI is InChI=1S/C17H24N4O3S/c1-25(23,24)16-9-6-5-8-15(16)21-13-14(12-19-21)20-17(22)10-4-2-3-7-11-18/h5-6,8-9,12-13H,2-4,7,10-11,18H2,1H3,(H,20,22). The molecule has 0 saturated carbocycles. The third kappa shape index (κ3) is 5.68. The highest BCUT2D eigenvalue weighted by atomic mass is 32.2. The molecule has 0 aliphatic carbocycles. The van der Waals surface area contributed by atoms with Gasteiger partial charge in [0.2, 0.25) is 5.91 Å². The highest BCUT2D eigenvalue weighted by Crippen LogP contribution is 2.20. The zero-order valence-electron chi connectivity index (χ0n) is 14.3. The van der Waals surface area contributed by atoms with Crippen molar-refractivity contribution in [3.63, 3.8) is 0 Å². The SMILES string of the molecule is CS(=O)(=O)c1ccccc1-n1cc(NC(=O)CCCCCCN)cn1. The molecule has 8 heteroatoms. The predicted molar refractivity (Wildman–Crippen MR) is 97.4 cm³/mol. The van der Waals surface area contributed by atoms with Gasteiger partial charge in [-0.2, -0.15) is 5.10 Å². The molecule has 0 fully saturated rings. The molecule has 0 atom stereocenters. The van der Waals surface area contributed by atoms with Gasteiger partial charge in [0.25, 0.3) is 0 Å². The van der Waals surface area contributed by atoms with E-state index < -0.39 is 9.84 Å². The fourth-order valence-electron chi connectivity index (χ4n) is 2.49. The molecule has 7 nitrogen and oxygen atoms in total. The van der Waals surface area contributed by atoms with Crippen molar-refractivity contribution < 1.29 is 13.2 Å². The minimum atomic E-state index is -3.37. The number of carbonyl (C=O) groups is 1. The van der Waals surface area contributed by atoms with Crippen LogP contribution in [0.15, 0.2) is 41.6 Å². The van der Waals surface area contributed by atoms with Crippen molar-refractivity contribution in [3.8, 4) is 5.69 Å². The lowest BCUT2D eigenvalue weighted by Crippen LogP contribution is -2.10. The third-order valence-corrected chi connectivity index (χ3v) is 4.88. The van der Waals surface area contributed by atoms with Gasteiger partial charge in [-0.05, 0) is 31.5 Å². The van der Waals surface area contributed by atoms with E-state index in [1.54, 1.807) is 24.4 Å². The molecule has 1 amide bonds. The molecule has 1 aromatic carbocycles. The van der Waals surface area contributed by atoms with Crippen LogP contribution >= 0.6 is 0 Å². The molecule has 25 heavy (non-hydrogen) atoms. The number of aromatic nitrogens is 2. The highest BCUT2D eigenvalue weighted by Gasteiger charge is 2.15. The fraction of sp³-hybridized carbons (Fsp3) is 0.412. The number of unbranched alkanes of at least 4 members (excludes halogenated alkanes) is 3. The van der Waals surface area contributed by atoms with Crippen LogP contribution in [0.4, 0.5) is 5.69 Å². The van der Waals surface area contributed by atoms with Crippen molar-refractivity contribution in [2.75, 3.05) is 18.1 Å². The van der Waals surface area contributed by atoms with Gasteiger partial charge in [0.15, 0.2) is 9.84 Å². The number of para-hydroxylation sites is 1. The minimum Gasteiger partial charge on any atom is -0.330 e. The Balaban J connectivity index is 2.00. The number of benzene rings is 1. The van der Waals surface area contributed by atoms with E-state index in [9.17, 15) is 13.2 Å². The molecule has 1 heterocycles. The van der Waals surface area contributed by atoms with E-state index >= 15 is 0 Å². The van der Waals surface area contributed by atoms with Gasteiger partial charge in [0, 0.05) is 12.7 Å². The zero-order chi connectivity index (χ0) is 18.3. The second-order valence-corrected chi connectivity index (χ2v) is 7.90. The van der Waals surface area contributed by atoms with Crippen molar-refractivity contribution in [3.05, 3.63) is 36.7 Å². The molecule has 0 radical (unpaired) electrons. The summed E-state index contributed by atoms with van der Waals surface area (Å²) in [7, 11) is -3.37. The average molecular weight is 364 g/mol. The average Bonchev–Trinajstić information content (AvgIpc) is 3.02. The van der Waals surface area contributed by atoms with Crippen LogP contribution in [0.25, 0.3) is 5.69 Å². The lowest BCUT2D eigenvalue weighted by atomic mass is 10.1. The summed E-state index contributed by atoms with van der Waals surface area (Å²) in [6, 6.07) is 6.61. The summed E-state index contributed by atoms with van der Waals surface area (Å²) in [4.78, 5) is 12.1. The lowest BCUT2D eigenvalue weighted by Gasteiger charge is -2.07. The zero-order valence-corrected chi connectivity index (χ0v) is 15.1. The Labute approximate surface area is 148 Å². The molecule has 0 bridgehead atoms. The summed E-state index contributed by atoms with van der Waals surface area (Å²) in [5.74, 6) is -0.0799. The molecule has 0 unspecified atom stereocenters. The Bertz CT molecular complexity index is 815. The summed E-state index contributed by atoms with van der Waals surface area (Å²) in [6.07, 6.45) is 8.51. The van der Waals surface area contributed by atoms with Gasteiger partial charge < -0.3 is 11.1 Å². The second-order valence-electron chi connectivity index (χ2n) is 5.91. The van der Waals surface area contributed by atoms with Gasteiger partial charge in [-0.1, -0.05) is 25.0 Å². The number of amides is 1. The quantitative estimate of drug-likeness (QED) is 0.663. The molecule has 0 spiro atoms. The first-order valence-corrected chi connectivity index (χ1v) is 10.1. The lowest BCUT2D eigenvalue weighted by molar-refractivity contribution is -0.116. The molecule has 0 saturated heterocycles. The molecular formula is C17H24N4O3S. The van der Waals surface area contributed by atoms with Crippen LogP contribution in [0.3, 0.4) is 0 Å². The first-order chi connectivity index (χ1) is 11.9. The largest absolute Gasteiger partial charge is 0.330 e. The van der Waals surface area contributed by atoms with Gasteiger partial charge in [0.05, 0.1) is 28.7 Å². The van der Waals surface area contributed by atoms with Gasteiger partial charge in [-0.25, -0.2) is 13.1 Å². The Morgan fingerprint density at radius 3 is 2.64 bits per heavy atom. The topological polar surface area (TPSA) is 107 Å². The van der Waals surface area contributed by atoms with Crippen LogP contribution in [0.1, 0.15) is 32.1 Å². The number of nitrogens with zero attached hydrogens (tertiary/aromatic N) is 2. The molecule has 2 aromatic rings. The van der Waals surface area contributed by atoms with Crippen LogP contribution in [0.5, 0.6) is 0 Å². The van der Waals surface area contributed by atoms with Gasteiger partial charge in [-0.3, -0.25) is 4.79 Å². The van der Waals surface area contributed by atoms with Gasteiger partial charge in [0.1, 0.15) is 0 Å². The van der Waals surface area contributed by atoms with E-state index in [4.69, 9.17) is 5.73 Å². The fourth-order valence-corrected chi connectivity index (χ4v) is 3.35. The van der Waals surface area contributed by atoms with E-state index in [1.165, 1.54) is 16.9 Å². The van der Waals surface area contributed by atoms with E-state index in [1.807, 2.05) is 0 Å². The molecule has 0 aliphatic rings. The molecule has 0 aliphatic heterocycles. The Morgan fingerprint density at radius 1 is 1.20 bits per heavy atom. The van der Waals surface area contributed by atoms with E-state index in [0.29, 0.717) is 24.3 Å². The number of nitrogens with two attached hydrogens (primary N) is 1. The maximum absolute atomic E-state index is 11.9. The molecule has 1 aromatic heterocycles. The van der Waals surface area contributed by atoms with Crippen LogP contribution in [-0.4, -0.2) is 36.9 Å². The predicted octanol–water partition coefficient (Wildman–Crippen LogP) is 2.12. The number of hydrogen-bond donors (Lipinski definition) is 2. The summed E-state index contributed by atoms with van der Waals surface area (Å²) in [6.45, 7) is 0.681. The third-order valence-electron chi connectivity index (χ3n) is 3.74. The Hall–Kier alpha value is -2.19. The normalized spacial score (nSPS) is 11.4. The molecule has 2 rings (SSSR count). The van der Waals surface area contributed by atoms with Crippen LogP contribution in [0, 0.1) is 0 Å². The Kier molecular flexibility index (Phi) is 6.72. The van der Waals surface area contributed by atoms with Crippen LogP contribution in [0.2, 0.25) is 0 Å². The number of sulfone groups is 1. The summed E-state index contributed by atoms with van der Waals surface area (Å²) >= 11 is 0. The number of rotatable bonds is 9. The smallest absolute Gasteiger partial charge is 0.224 e. The number of carbonyl (C=O) groups excluding carboxylic acids is 1. The second kappa shape index (κ2) is 8.77. The van der Waals surface area contributed by atoms with Crippen molar-refractivity contribution in [1.82, 2.24) is 9.78 Å². The van der Waals surface area contributed by atoms with E-state index in [2.05, 4.69) is 10.4 Å². The van der Waals surface area contributed by atoms with Crippen molar-refractivity contribution >= 4 is 21.4 Å². The maximum Gasteiger partial charge on any atom is 0.224 e. The van der Waals surface area contributed by atoms with Crippen molar-refractivity contribution in [2.45, 2.75) is 37.0 Å². The highest BCUT2D eigenvalue weighted by molar-refractivity contribution is 7.90. The summed E-state index contributed by atoms with van der Waals surface area (Å²) in [5.41, 5.74) is 6.42. The van der Waals surface area contributed by atoms with Crippen molar-refractivity contribution in [2.24, 2.45) is 5.73 Å². The number of nitrogens with one attached hydrogen (secondary N) is 1. The summed E-state index contributed by atoms with van der Waals surface area (Å²) < 4.78 is 25.2. The van der Waals surface area contributed by atoms with Crippen molar-refractivity contribution in [1.29, 1.82) is 0 Å². The first-order valence-electron chi connectivity index (χ1n) is 8.26. The van der Waals surface area contributed by atoms with Gasteiger partial charge in [-0.15, -0.1) is 0 Å². The maximum atomic E-state index is 11.9. The van der Waals surface area contributed by atoms with E-state index in [-0.39, 0.29) is 10.8 Å². The molecule has 136 valence electrons.